The Bertz CT molecular complexity index is 636. The van der Waals surface area contributed by atoms with E-state index in [1.54, 1.807) is 25.4 Å². The summed E-state index contributed by atoms with van der Waals surface area (Å²) >= 11 is 0. The number of amides is 1. The van der Waals surface area contributed by atoms with Crippen molar-refractivity contribution in [3.8, 4) is 0 Å². The molecule has 1 fully saturated rings. The predicted molar refractivity (Wildman–Crippen MR) is 74.0 cm³/mol. The molecule has 0 aromatic carbocycles. The monoisotopic (exact) mass is 289 g/mol. The van der Waals surface area contributed by atoms with Gasteiger partial charge < -0.3 is 9.64 Å². The molecule has 2 aromatic rings. The minimum Gasteiger partial charge on any atom is -0.378 e. The molecule has 2 aromatic heterocycles. The summed E-state index contributed by atoms with van der Waals surface area (Å²) in [5.74, 6) is 0.646. The van der Waals surface area contributed by atoms with Crippen molar-refractivity contribution < 1.29 is 9.53 Å². The van der Waals surface area contributed by atoms with E-state index in [0.717, 1.165) is 0 Å². The van der Waals surface area contributed by atoms with E-state index in [1.807, 2.05) is 4.90 Å². The molecule has 9 heteroatoms. The Kier molecular flexibility index (Phi) is 3.73. The first-order chi connectivity index (χ1) is 10.3. The van der Waals surface area contributed by atoms with Crippen molar-refractivity contribution in [2.24, 2.45) is 7.05 Å². The van der Waals surface area contributed by atoms with Gasteiger partial charge in [0.25, 0.3) is 5.91 Å². The van der Waals surface area contributed by atoms with Gasteiger partial charge in [-0.2, -0.15) is 0 Å². The topological polar surface area (TPSA) is 98.1 Å². The summed E-state index contributed by atoms with van der Waals surface area (Å²) in [6, 6.07) is 3.46. The number of aromatic nitrogens is 5. The molecule has 3 heterocycles. The van der Waals surface area contributed by atoms with E-state index in [2.05, 4.69) is 25.8 Å². The molecule has 21 heavy (non-hydrogen) atoms. The van der Waals surface area contributed by atoms with Crippen molar-refractivity contribution in [1.29, 1.82) is 0 Å². The summed E-state index contributed by atoms with van der Waals surface area (Å²) in [5.41, 5.74) is 0.488. The smallest absolute Gasteiger partial charge is 0.261 e. The lowest BCUT2D eigenvalue weighted by Gasteiger charge is -2.29. The van der Waals surface area contributed by atoms with Gasteiger partial charge in [0.1, 0.15) is 5.82 Å². The van der Waals surface area contributed by atoms with Gasteiger partial charge in [0.05, 0.1) is 18.8 Å². The van der Waals surface area contributed by atoms with Crippen molar-refractivity contribution in [3.63, 3.8) is 0 Å². The maximum absolute atomic E-state index is 12.4. The molecule has 0 spiro atoms. The largest absolute Gasteiger partial charge is 0.378 e. The normalized spacial score (nSPS) is 15.0. The van der Waals surface area contributed by atoms with Crippen LogP contribution in [0, 0.1) is 0 Å². The molecule has 0 bridgehead atoms. The van der Waals surface area contributed by atoms with Crippen LogP contribution in [0.3, 0.4) is 0 Å². The standard InChI is InChI=1S/C12H15N7O2/c1-18-12(15-16-17-18)14-11(20)9-3-2-4-13-10(9)19-5-7-21-8-6-19/h2-4H,5-8H2,1H3,(H,14,15,17,20). The number of ether oxygens (including phenoxy) is 1. The first-order valence-electron chi connectivity index (χ1n) is 6.57. The Morgan fingerprint density at radius 2 is 2.19 bits per heavy atom. The van der Waals surface area contributed by atoms with E-state index < -0.39 is 0 Å². The molecule has 3 rings (SSSR count). The van der Waals surface area contributed by atoms with Gasteiger partial charge >= 0.3 is 0 Å². The molecular weight excluding hydrogens is 274 g/mol. The fourth-order valence-electron chi connectivity index (χ4n) is 2.11. The number of aryl methyl sites for hydroxylation is 1. The van der Waals surface area contributed by atoms with E-state index >= 15 is 0 Å². The number of hydrogen-bond donors (Lipinski definition) is 1. The lowest BCUT2D eigenvalue weighted by Crippen LogP contribution is -2.38. The molecule has 9 nitrogen and oxygen atoms in total. The lowest BCUT2D eigenvalue weighted by molar-refractivity contribution is 0.102. The number of tetrazole rings is 1. The van der Waals surface area contributed by atoms with Crippen LogP contribution in [0.15, 0.2) is 18.3 Å². The Labute approximate surface area is 120 Å². The molecule has 1 aliphatic heterocycles. The van der Waals surface area contributed by atoms with Crippen molar-refractivity contribution in [2.75, 3.05) is 36.5 Å². The molecule has 110 valence electrons. The summed E-state index contributed by atoms with van der Waals surface area (Å²) in [6.07, 6.45) is 1.67. The highest BCUT2D eigenvalue weighted by Gasteiger charge is 2.20. The molecule has 1 saturated heterocycles. The molecule has 0 saturated carbocycles. The maximum Gasteiger partial charge on any atom is 0.261 e. The van der Waals surface area contributed by atoms with Gasteiger partial charge in [-0.05, 0) is 22.6 Å². The van der Waals surface area contributed by atoms with Gasteiger partial charge in [-0.25, -0.2) is 9.67 Å². The van der Waals surface area contributed by atoms with E-state index in [9.17, 15) is 4.79 Å². The number of rotatable bonds is 3. The third-order valence-corrected chi connectivity index (χ3v) is 3.19. The number of nitrogens with zero attached hydrogens (tertiary/aromatic N) is 6. The van der Waals surface area contributed by atoms with Crippen LogP contribution in [0.2, 0.25) is 0 Å². The number of nitrogens with one attached hydrogen (secondary N) is 1. The van der Waals surface area contributed by atoms with Crippen molar-refractivity contribution in [2.45, 2.75) is 0 Å². The second kappa shape index (κ2) is 5.83. The number of anilines is 2. The Morgan fingerprint density at radius 3 is 2.90 bits per heavy atom. The molecule has 0 radical (unpaired) electrons. The Morgan fingerprint density at radius 1 is 1.38 bits per heavy atom. The lowest BCUT2D eigenvalue weighted by atomic mass is 10.2. The van der Waals surface area contributed by atoms with Crippen LogP contribution >= 0.6 is 0 Å². The van der Waals surface area contributed by atoms with Crippen molar-refractivity contribution in [3.05, 3.63) is 23.9 Å². The molecule has 0 atom stereocenters. The third-order valence-electron chi connectivity index (χ3n) is 3.19. The summed E-state index contributed by atoms with van der Waals surface area (Å²) in [6.45, 7) is 2.68. The van der Waals surface area contributed by atoms with Gasteiger partial charge in [-0.1, -0.05) is 5.10 Å². The second-order valence-electron chi connectivity index (χ2n) is 4.55. The molecule has 0 aliphatic carbocycles. The quantitative estimate of drug-likeness (QED) is 0.827. The van der Waals surface area contributed by atoms with Gasteiger partial charge in [-0.3, -0.25) is 10.1 Å². The van der Waals surface area contributed by atoms with Crippen LogP contribution < -0.4 is 10.2 Å². The van der Waals surface area contributed by atoms with Gasteiger partial charge in [-0.15, -0.1) is 0 Å². The predicted octanol–water partition coefficient (Wildman–Crippen LogP) is -0.306. The Hall–Kier alpha value is -2.55. The fraction of sp³-hybridized carbons (Fsp3) is 0.417. The van der Waals surface area contributed by atoms with E-state index in [0.29, 0.717) is 37.7 Å². The van der Waals surface area contributed by atoms with E-state index in [4.69, 9.17) is 4.74 Å². The maximum atomic E-state index is 12.4. The molecule has 0 unspecified atom stereocenters. The summed E-state index contributed by atoms with van der Waals surface area (Å²) in [4.78, 5) is 18.8. The highest BCUT2D eigenvalue weighted by molar-refractivity contribution is 6.06. The second-order valence-corrected chi connectivity index (χ2v) is 4.55. The zero-order chi connectivity index (χ0) is 14.7. The van der Waals surface area contributed by atoms with Gasteiger partial charge in [0.2, 0.25) is 5.95 Å². The molecule has 1 amide bonds. The minimum absolute atomic E-state index is 0.289. The average Bonchev–Trinajstić information content (AvgIpc) is 2.93. The van der Waals surface area contributed by atoms with Gasteiger partial charge in [0.15, 0.2) is 0 Å². The number of pyridine rings is 1. The number of carbonyl (C=O) groups is 1. The van der Waals surface area contributed by atoms with Gasteiger partial charge in [0, 0.05) is 26.3 Å². The number of morpholine rings is 1. The van der Waals surface area contributed by atoms with E-state index in [1.165, 1.54) is 4.68 Å². The zero-order valence-electron chi connectivity index (χ0n) is 11.6. The van der Waals surface area contributed by atoms with Crippen LogP contribution in [0.4, 0.5) is 11.8 Å². The summed E-state index contributed by atoms with van der Waals surface area (Å²) in [7, 11) is 1.65. The minimum atomic E-state index is -0.289. The van der Waals surface area contributed by atoms with E-state index in [-0.39, 0.29) is 11.9 Å². The Balaban J connectivity index is 1.84. The molecule has 1 aliphatic rings. The number of carbonyl (C=O) groups excluding carboxylic acids is 1. The third kappa shape index (κ3) is 2.82. The van der Waals surface area contributed by atoms with Crippen molar-refractivity contribution in [1.82, 2.24) is 25.2 Å². The summed E-state index contributed by atoms with van der Waals surface area (Å²) < 4.78 is 6.71. The first kappa shape index (κ1) is 13.4. The molecule has 1 N–H and O–H groups in total. The van der Waals surface area contributed by atoms with Crippen LogP contribution in [0.1, 0.15) is 10.4 Å². The fourth-order valence-corrected chi connectivity index (χ4v) is 2.11. The van der Waals surface area contributed by atoms with Crippen LogP contribution in [0.25, 0.3) is 0 Å². The highest BCUT2D eigenvalue weighted by atomic mass is 16.5. The SMILES string of the molecule is Cn1nnnc1NC(=O)c1cccnc1N1CCOCC1. The first-order valence-corrected chi connectivity index (χ1v) is 6.57. The number of hydrogen-bond acceptors (Lipinski definition) is 7. The average molecular weight is 289 g/mol. The molecular formula is C12H15N7O2. The zero-order valence-corrected chi connectivity index (χ0v) is 11.6. The van der Waals surface area contributed by atoms with Crippen molar-refractivity contribution >= 4 is 17.7 Å². The van der Waals surface area contributed by atoms with Crippen LogP contribution in [-0.4, -0.2) is 57.4 Å². The summed E-state index contributed by atoms with van der Waals surface area (Å²) in [5, 5.41) is 13.6. The van der Waals surface area contributed by atoms with Crippen LogP contribution in [-0.2, 0) is 11.8 Å². The van der Waals surface area contributed by atoms with Crippen LogP contribution in [0.5, 0.6) is 0 Å². The highest BCUT2D eigenvalue weighted by Crippen LogP contribution is 2.19.